The van der Waals surface area contributed by atoms with Gasteiger partial charge in [0.2, 0.25) is 5.82 Å². The van der Waals surface area contributed by atoms with Crippen LogP contribution in [-0.4, -0.2) is 20.7 Å². The average molecular weight is 432 g/mol. The molecule has 0 unspecified atom stereocenters. The highest BCUT2D eigenvalue weighted by atomic mass is 35.5. The highest BCUT2D eigenvalue weighted by Crippen LogP contribution is 2.21. The Hall–Kier alpha value is -2.41. The predicted octanol–water partition coefficient (Wildman–Crippen LogP) is 3.83. The first-order valence-corrected chi connectivity index (χ1v) is 9.84. The number of rotatable bonds is 6. The van der Waals surface area contributed by atoms with Crippen LogP contribution in [-0.2, 0) is 26.1 Å². The fraction of sp³-hybridized carbons (Fsp3) is 0.286. The molecular formula is C21H23Cl2N5O. The largest absolute Gasteiger partial charge is 0.345 e. The maximum Gasteiger partial charge on any atom is 0.291 e. The van der Waals surface area contributed by atoms with Gasteiger partial charge in [0.25, 0.3) is 5.91 Å². The first kappa shape index (κ1) is 21.3. The van der Waals surface area contributed by atoms with Gasteiger partial charge >= 0.3 is 0 Å². The third-order valence-electron chi connectivity index (χ3n) is 4.79. The molecule has 0 saturated heterocycles. The fourth-order valence-corrected chi connectivity index (χ4v) is 3.58. The summed E-state index contributed by atoms with van der Waals surface area (Å²) in [4.78, 5) is 17.1. The van der Waals surface area contributed by atoms with Gasteiger partial charge in [-0.15, -0.1) is 17.5 Å². The van der Waals surface area contributed by atoms with Crippen LogP contribution in [0.5, 0.6) is 0 Å². The maximum absolute atomic E-state index is 12.6. The number of nitrogens with one attached hydrogen (secondary N) is 2. The van der Waals surface area contributed by atoms with Gasteiger partial charge < -0.3 is 10.6 Å². The molecule has 0 radical (unpaired) electrons. The van der Waals surface area contributed by atoms with Gasteiger partial charge in [0.15, 0.2) is 0 Å². The van der Waals surface area contributed by atoms with Crippen molar-refractivity contribution in [3.05, 3.63) is 75.8 Å². The van der Waals surface area contributed by atoms with Crippen LogP contribution in [0.2, 0.25) is 5.02 Å². The summed E-state index contributed by atoms with van der Waals surface area (Å²) in [6.45, 7) is 4.29. The number of carbonyl (C=O) groups is 1. The van der Waals surface area contributed by atoms with Gasteiger partial charge in [-0.05, 0) is 35.2 Å². The maximum atomic E-state index is 12.6. The number of halogens is 2. The van der Waals surface area contributed by atoms with E-state index >= 15 is 0 Å². The van der Waals surface area contributed by atoms with Crippen molar-refractivity contribution in [3.8, 4) is 5.69 Å². The van der Waals surface area contributed by atoms with Gasteiger partial charge in [-0.2, -0.15) is 0 Å². The smallest absolute Gasteiger partial charge is 0.291 e. The van der Waals surface area contributed by atoms with Crippen molar-refractivity contribution in [1.82, 2.24) is 25.4 Å². The number of amides is 1. The lowest BCUT2D eigenvalue weighted by Crippen LogP contribution is -2.24. The van der Waals surface area contributed by atoms with Gasteiger partial charge in [0, 0.05) is 26.1 Å². The molecule has 29 heavy (non-hydrogen) atoms. The normalized spacial score (nSPS) is 12.3. The van der Waals surface area contributed by atoms with Gasteiger partial charge in [0.05, 0.1) is 10.7 Å². The number of para-hydroxylation sites is 1. The highest BCUT2D eigenvalue weighted by molar-refractivity contribution is 6.32. The number of carbonyl (C=O) groups excluding carboxylic acids is 1. The van der Waals surface area contributed by atoms with Gasteiger partial charge in [0.1, 0.15) is 5.82 Å². The number of hydrogen-bond donors (Lipinski definition) is 2. The molecule has 4 rings (SSSR count). The molecule has 2 N–H and O–H groups in total. The number of nitrogens with zero attached hydrogens (tertiary/aromatic N) is 3. The third kappa shape index (κ3) is 4.61. The topological polar surface area (TPSA) is 71.8 Å². The van der Waals surface area contributed by atoms with Crippen LogP contribution in [0, 0.1) is 0 Å². The molecule has 152 valence electrons. The van der Waals surface area contributed by atoms with Crippen LogP contribution in [0.1, 0.15) is 46.5 Å². The second-order valence-electron chi connectivity index (χ2n) is 6.85. The van der Waals surface area contributed by atoms with Crippen LogP contribution < -0.4 is 10.6 Å². The van der Waals surface area contributed by atoms with Crippen molar-refractivity contribution in [2.75, 3.05) is 0 Å². The molecule has 0 spiro atoms. The van der Waals surface area contributed by atoms with Crippen molar-refractivity contribution < 1.29 is 4.79 Å². The van der Waals surface area contributed by atoms with Crippen LogP contribution >= 0.6 is 24.0 Å². The molecule has 8 heteroatoms. The quantitative estimate of drug-likeness (QED) is 0.621. The van der Waals surface area contributed by atoms with E-state index in [1.54, 1.807) is 10.7 Å². The summed E-state index contributed by atoms with van der Waals surface area (Å²) >= 11 is 6.31. The molecular weight excluding hydrogens is 409 g/mol. The Bertz CT molecular complexity index is 1020. The molecule has 1 aromatic heterocycles. The monoisotopic (exact) mass is 431 g/mol. The first-order chi connectivity index (χ1) is 13.7. The Balaban J connectivity index is 0.00000240. The van der Waals surface area contributed by atoms with E-state index in [-0.39, 0.29) is 24.1 Å². The molecule has 2 aromatic carbocycles. The first-order valence-electron chi connectivity index (χ1n) is 9.46. The van der Waals surface area contributed by atoms with Crippen LogP contribution in [0.25, 0.3) is 5.69 Å². The van der Waals surface area contributed by atoms with E-state index in [1.165, 1.54) is 11.1 Å². The van der Waals surface area contributed by atoms with E-state index in [9.17, 15) is 4.79 Å². The van der Waals surface area contributed by atoms with Crippen molar-refractivity contribution in [2.24, 2.45) is 0 Å². The van der Waals surface area contributed by atoms with Crippen LogP contribution in [0.4, 0.5) is 0 Å². The Morgan fingerprint density at radius 2 is 2.00 bits per heavy atom. The summed E-state index contributed by atoms with van der Waals surface area (Å²) in [5.41, 5.74) is 4.40. The van der Waals surface area contributed by atoms with Gasteiger partial charge in [-0.3, -0.25) is 4.79 Å². The Kier molecular flexibility index (Phi) is 6.90. The van der Waals surface area contributed by atoms with Crippen molar-refractivity contribution in [3.63, 3.8) is 0 Å². The molecule has 0 aliphatic carbocycles. The highest BCUT2D eigenvalue weighted by Gasteiger charge is 2.18. The third-order valence-corrected chi connectivity index (χ3v) is 5.11. The van der Waals surface area contributed by atoms with E-state index in [0.717, 1.165) is 36.6 Å². The molecule has 0 atom stereocenters. The lowest BCUT2D eigenvalue weighted by atomic mass is 10.1. The SMILES string of the molecule is CCCc1nc(C(=O)NCc2ccc3c(c2)CNC3)nn1-c1ccccc1Cl.Cl. The second kappa shape index (κ2) is 9.39. The Morgan fingerprint density at radius 3 is 2.79 bits per heavy atom. The molecule has 1 amide bonds. The number of fused-ring (bicyclic) bond motifs is 1. The molecule has 1 aliphatic heterocycles. The zero-order valence-corrected chi connectivity index (χ0v) is 17.7. The van der Waals surface area contributed by atoms with Gasteiger partial charge in [-0.1, -0.05) is 48.9 Å². The lowest BCUT2D eigenvalue weighted by molar-refractivity contribution is 0.0940. The minimum absolute atomic E-state index is 0. The van der Waals surface area contributed by atoms with E-state index in [1.807, 2.05) is 24.3 Å². The number of benzene rings is 2. The zero-order chi connectivity index (χ0) is 19.5. The van der Waals surface area contributed by atoms with Gasteiger partial charge in [-0.25, -0.2) is 9.67 Å². The zero-order valence-electron chi connectivity index (χ0n) is 16.1. The number of aryl methyl sites for hydroxylation is 1. The van der Waals surface area contributed by atoms with E-state index < -0.39 is 0 Å². The van der Waals surface area contributed by atoms with Crippen molar-refractivity contribution >= 4 is 29.9 Å². The second-order valence-corrected chi connectivity index (χ2v) is 7.26. The summed E-state index contributed by atoms with van der Waals surface area (Å²) < 4.78 is 1.67. The standard InChI is InChI=1S/C21H22ClN5O.ClH/c1-2-5-19-25-20(26-27(19)18-7-4-3-6-17(18)22)21(28)24-11-14-8-9-15-12-23-13-16(15)10-14;/h3-4,6-10,23H,2,5,11-13H2,1H3,(H,24,28);1H. The minimum Gasteiger partial charge on any atom is -0.345 e. The fourth-order valence-electron chi connectivity index (χ4n) is 3.36. The molecule has 0 saturated carbocycles. The molecule has 0 bridgehead atoms. The Labute approximate surface area is 181 Å². The summed E-state index contributed by atoms with van der Waals surface area (Å²) in [6, 6.07) is 13.7. The summed E-state index contributed by atoms with van der Waals surface area (Å²) in [5.74, 6) is 0.595. The number of aromatic nitrogens is 3. The van der Waals surface area contributed by atoms with E-state index in [0.29, 0.717) is 18.0 Å². The van der Waals surface area contributed by atoms with Crippen LogP contribution in [0.15, 0.2) is 42.5 Å². The minimum atomic E-state index is -0.290. The van der Waals surface area contributed by atoms with Crippen molar-refractivity contribution in [1.29, 1.82) is 0 Å². The molecule has 2 heterocycles. The lowest BCUT2D eigenvalue weighted by Gasteiger charge is -2.06. The molecule has 6 nitrogen and oxygen atoms in total. The Morgan fingerprint density at radius 1 is 1.21 bits per heavy atom. The molecule has 1 aliphatic rings. The predicted molar refractivity (Wildman–Crippen MR) is 116 cm³/mol. The molecule has 0 fully saturated rings. The van der Waals surface area contributed by atoms with Crippen LogP contribution in [0.3, 0.4) is 0 Å². The summed E-state index contributed by atoms with van der Waals surface area (Å²) in [7, 11) is 0. The van der Waals surface area contributed by atoms with Crippen molar-refractivity contribution in [2.45, 2.75) is 39.4 Å². The van der Waals surface area contributed by atoms with E-state index in [4.69, 9.17) is 11.6 Å². The average Bonchev–Trinajstić information content (AvgIpc) is 3.33. The van der Waals surface area contributed by atoms with E-state index in [2.05, 4.69) is 39.8 Å². The number of hydrogen-bond acceptors (Lipinski definition) is 4. The summed E-state index contributed by atoms with van der Waals surface area (Å²) in [5, 5.41) is 11.3. The molecule has 3 aromatic rings. The summed E-state index contributed by atoms with van der Waals surface area (Å²) in [6.07, 6.45) is 1.61.